The quantitative estimate of drug-likeness (QED) is 0.705. The molecule has 0 unspecified atom stereocenters. The number of urea groups is 1. The van der Waals surface area contributed by atoms with Crippen LogP contribution in [0.2, 0.25) is 0 Å². The van der Waals surface area contributed by atoms with E-state index in [2.05, 4.69) is 25.7 Å². The summed E-state index contributed by atoms with van der Waals surface area (Å²) < 4.78 is 5.44. The zero-order chi connectivity index (χ0) is 19.5. The van der Waals surface area contributed by atoms with Gasteiger partial charge in [-0.1, -0.05) is 24.2 Å². The molecule has 2 N–H and O–H groups in total. The van der Waals surface area contributed by atoms with Crippen LogP contribution in [0.1, 0.15) is 42.6 Å². The van der Waals surface area contributed by atoms with E-state index >= 15 is 0 Å². The van der Waals surface area contributed by atoms with Gasteiger partial charge in [0.15, 0.2) is 5.82 Å². The second-order valence-electron chi connectivity index (χ2n) is 7.06. The first-order valence-electron chi connectivity index (χ1n) is 9.64. The maximum atomic E-state index is 12.6. The Morgan fingerprint density at radius 2 is 2.18 bits per heavy atom. The maximum absolute atomic E-state index is 12.6. The Morgan fingerprint density at radius 3 is 3.00 bits per heavy atom. The lowest BCUT2D eigenvalue weighted by Gasteiger charge is -2.18. The lowest BCUT2D eigenvalue weighted by Crippen LogP contribution is -2.31. The molecule has 0 saturated heterocycles. The summed E-state index contributed by atoms with van der Waals surface area (Å²) in [5.41, 5.74) is 3.57. The average molecular weight is 380 g/mol. The number of amides is 2. The molecule has 0 spiro atoms. The Morgan fingerprint density at radius 1 is 1.32 bits per heavy atom. The number of H-pyrrole nitrogens is 1. The van der Waals surface area contributed by atoms with Crippen molar-refractivity contribution in [1.82, 2.24) is 25.2 Å². The van der Waals surface area contributed by atoms with Gasteiger partial charge in [0.05, 0.1) is 6.54 Å². The van der Waals surface area contributed by atoms with Crippen molar-refractivity contribution in [3.8, 4) is 11.4 Å². The molecule has 2 aromatic heterocycles. The van der Waals surface area contributed by atoms with Crippen molar-refractivity contribution in [3.05, 3.63) is 47.1 Å². The van der Waals surface area contributed by atoms with Crippen molar-refractivity contribution < 1.29 is 9.32 Å². The third-order valence-corrected chi connectivity index (χ3v) is 5.00. The second kappa shape index (κ2) is 7.84. The lowest BCUT2D eigenvalue weighted by atomic mass is 9.96. The van der Waals surface area contributed by atoms with E-state index in [1.54, 1.807) is 11.9 Å². The van der Waals surface area contributed by atoms with Crippen LogP contribution in [0.15, 0.2) is 28.8 Å². The molecule has 4 rings (SSSR count). The molecule has 0 atom stereocenters. The summed E-state index contributed by atoms with van der Waals surface area (Å²) in [6.45, 7) is 2.44. The third kappa shape index (κ3) is 3.76. The van der Waals surface area contributed by atoms with E-state index in [4.69, 9.17) is 4.52 Å². The number of fused-ring (bicyclic) bond motifs is 1. The van der Waals surface area contributed by atoms with Gasteiger partial charge in [0, 0.05) is 36.7 Å². The van der Waals surface area contributed by atoms with Crippen LogP contribution >= 0.6 is 0 Å². The summed E-state index contributed by atoms with van der Waals surface area (Å²) >= 11 is 0. The molecule has 1 aromatic carbocycles. The summed E-state index contributed by atoms with van der Waals surface area (Å²) in [7, 11) is 1.76. The van der Waals surface area contributed by atoms with Crippen LogP contribution in [0, 0.1) is 0 Å². The SMILES string of the molecule is CCc1nc(-c2cccc(NC(=O)N(C)Cc3noc4c3CCCC4)c2)n[nH]1. The minimum Gasteiger partial charge on any atom is -0.361 e. The predicted octanol–water partition coefficient (Wildman–Crippen LogP) is 3.56. The fourth-order valence-electron chi connectivity index (χ4n) is 3.41. The number of carbonyl (C=O) groups excluding carboxylic acids is 1. The molecule has 0 fully saturated rings. The van der Waals surface area contributed by atoms with Gasteiger partial charge < -0.3 is 14.7 Å². The molecule has 0 aliphatic heterocycles. The molecule has 3 aromatic rings. The van der Waals surface area contributed by atoms with E-state index in [9.17, 15) is 4.79 Å². The number of hydrogen-bond acceptors (Lipinski definition) is 5. The smallest absolute Gasteiger partial charge is 0.321 e. The van der Waals surface area contributed by atoms with Gasteiger partial charge in [0.25, 0.3) is 0 Å². The van der Waals surface area contributed by atoms with Crippen molar-refractivity contribution in [3.63, 3.8) is 0 Å². The highest BCUT2D eigenvalue weighted by atomic mass is 16.5. The van der Waals surface area contributed by atoms with Gasteiger partial charge in [-0.3, -0.25) is 5.10 Å². The van der Waals surface area contributed by atoms with Gasteiger partial charge in [0.1, 0.15) is 17.3 Å². The average Bonchev–Trinajstić information content (AvgIpc) is 3.36. The van der Waals surface area contributed by atoms with Gasteiger partial charge in [-0.2, -0.15) is 5.10 Å². The normalized spacial score (nSPS) is 13.2. The minimum atomic E-state index is -0.200. The molecule has 1 aliphatic carbocycles. The van der Waals surface area contributed by atoms with Gasteiger partial charge in [-0.05, 0) is 31.4 Å². The van der Waals surface area contributed by atoms with Crippen LogP contribution in [0.5, 0.6) is 0 Å². The minimum absolute atomic E-state index is 0.200. The topological polar surface area (TPSA) is 99.9 Å². The van der Waals surface area contributed by atoms with Gasteiger partial charge in [0.2, 0.25) is 0 Å². The number of benzene rings is 1. The van der Waals surface area contributed by atoms with E-state index in [1.165, 1.54) is 5.56 Å². The molecule has 28 heavy (non-hydrogen) atoms. The number of hydrogen-bond donors (Lipinski definition) is 2. The summed E-state index contributed by atoms with van der Waals surface area (Å²) in [6, 6.07) is 7.31. The zero-order valence-corrected chi connectivity index (χ0v) is 16.2. The first-order valence-corrected chi connectivity index (χ1v) is 9.64. The number of anilines is 1. The Bertz CT molecular complexity index is 977. The third-order valence-electron chi connectivity index (χ3n) is 5.00. The van der Waals surface area contributed by atoms with E-state index in [-0.39, 0.29) is 6.03 Å². The van der Waals surface area contributed by atoms with Gasteiger partial charge >= 0.3 is 6.03 Å². The number of aromatic nitrogens is 4. The molecule has 8 nitrogen and oxygen atoms in total. The number of aryl methyl sites for hydroxylation is 2. The largest absolute Gasteiger partial charge is 0.361 e. The summed E-state index contributed by atoms with van der Waals surface area (Å²) in [4.78, 5) is 18.7. The van der Waals surface area contributed by atoms with E-state index < -0.39 is 0 Å². The Labute approximate surface area is 163 Å². The standard InChI is InChI=1S/C20H24N6O2/c1-3-18-22-19(24-23-18)13-7-6-8-14(11-13)21-20(27)26(2)12-16-15-9-4-5-10-17(15)28-25-16/h6-8,11H,3-5,9-10,12H2,1-2H3,(H,21,27)(H,22,23,24). The molecule has 2 amide bonds. The molecule has 0 saturated carbocycles. The molecular formula is C20H24N6O2. The monoisotopic (exact) mass is 380 g/mol. The van der Waals surface area contributed by atoms with E-state index in [0.29, 0.717) is 18.1 Å². The number of nitrogens with one attached hydrogen (secondary N) is 2. The van der Waals surface area contributed by atoms with Gasteiger partial charge in [-0.15, -0.1) is 0 Å². The Balaban J connectivity index is 1.43. The van der Waals surface area contributed by atoms with Crippen molar-refractivity contribution >= 4 is 11.7 Å². The van der Waals surface area contributed by atoms with Crippen molar-refractivity contribution in [2.45, 2.75) is 45.6 Å². The van der Waals surface area contributed by atoms with Crippen LogP contribution in [0.4, 0.5) is 10.5 Å². The fourth-order valence-corrected chi connectivity index (χ4v) is 3.41. The first-order chi connectivity index (χ1) is 13.6. The number of aromatic amines is 1. The maximum Gasteiger partial charge on any atom is 0.321 e. The van der Waals surface area contributed by atoms with Crippen molar-refractivity contribution in [1.29, 1.82) is 0 Å². The Kier molecular flexibility index (Phi) is 5.10. The predicted molar refractivity (Wildman–Crippen MR) is 105 cm³/mol. The summed E-state index contributed by atoms with van der Waals surface area (Å²) in [5.74, 6) is 2.43. The molecule has 2 heterocycles. The molecule has 8 heteroatoms. The molecule has 0 bridgehead atoms. The van der Waals surface area contributed by atoms with Gasteiger partial charge in [-0.25, -0.2) is 9.78 Å². The lowest BCUT2D eigenvalue weighted by molar-refractivity contribution is 0.219. The highest BCUT2D eigenvalue weighted by molar-refractivity contribution is 5.89. The van der Waals surface area contributed by atoms with Crippen LogP contribution < -0.4 is 5.32 Å². The fraction of sp³-hybridized carbons (Fsp3) is 0.400. The number of nitrogens with zero attached hydrogens (tertiary/aromatic N) is 4. The van der Waals surface area contributed by atoms with Crippen LogP contribution in [-0.2, 0) is 25.8 Å². The second-order valence-corrected chi connectivity index (χ2v) is 7.06. The zero-order valence-electron chi connectivity index (χ0n) is 16.2. The highest BCUT2D eigenvalue weighted by Gasteiger charge is 2.21. The van der Waals surface area contributed by atoms with Crippen molar-refractivity contribution in [2.24, 2.45) is 0 Å². The van der Waals surface area contributed by atoms with E-state index in [0.717, 1.165) is 54.9 Å². The van der Waals surface area contributed by atoms with E-state index in [1.807, 2.05) is 31.2 Å². The van der Waals surface area contributed by atoms with Crippen LogP contribution in [-0.4, -0.2) is 38.3 Å². The molecular weight excluding hydrogens is 356 g/mol. The summed E-state index contributed by atoms with van der Waals surface area (Å²) in [5, 5.41) is 14.2. The molecule has 146 valence electrons. The van der Waals surface area contributed by atoms with Crippen molar-refractivity contribution in [2.75, 3.05) is 12.4 Å². The Hall–Kier alpha value is -3.16. The number of carbonyl (C=O) groups is 1. The molecule has 0 radical (unpaired) electrons. The van der Waals surface area contributed by atoms with Crippen LogP contribution in [0.3, 0.4) is 0 Å². The summed E-state index contributed by atoms with van der Waals surface area (Å²) in [6.07, 6.45) is 4.98. The highest BCUT2D eigenvalue weighted by Crippen LogP contribution is 2.25. The molecule has 1 aliphatic rings. The number of rotatable bonds is 5. The van der Waals surface area contributed by atoms with Crippen LogP contribution in [0.25, 0.3) is 11.4 Å². The first kappa shape index (κ1) is 18.2.